The van der Waals surface area contributed by atoms with Crippen LogP contribution < -0.4 is 5.32 Å². The fourth-order valence-corrected chi connectivity index (χ4v) is 3.79. The molecule has 34 heavy (non-hydrogen) atoms. The third-order valence-corrected chi connectivity index (χ3v) is 6.03. The Labute approximate surface area is 203 Å². The van der Waals surface area contributed by atoms with Crippen LogP contribution in [-0.2, 0) is 13.1 Å². The lowest BCUT2D eigenvalue weighted by Crippen LogP contribution is -2.17. The zero-order valence-electron chi connectivity index (χ0n) is 18.4. The molecule has 4 aromatic rings. The molecule has 0 radical (unpaired) electrons. The van der Waals surface area contributed by atoms with Crippen molar-refractivity contribution in [3.63, 3.8) is 0 Å². The molecule has 1 amide bonds. The molecule has 0 spiro atoms. The fraction of sp³-hybridized carbons (Fsp3) is 0.238. The number of nitrogens with one attached hydrogen (secondary N) is 1. The van der Waals surface area contributed by atoms with Crippen LogP contribution in [0, 0.1) is 30.9 Å². The van der Waals surface area contributed by atoms with Crippen molar-refractivity contribution < 1.29 is 14.2 Å². The molecule has 13 heteroatoms. The second-order valence-corrected chi connectivity index (χ2v) is 8.44. The SMILES string of the molecule is Cc1nn(Cc2ccc(Cl)c(Cl)c2)c(C)c1NC(=O)c1noc(C)c1Cn1cc([N+](=O)[O-])cn1. The smallest absolute Gasteiger partial charge is 0.307 e. The molecule has 0 fully saturated rings. The number of carbonyl (C=O) groups excluding carboxylic acids is 1. The van der Waals surface area contributed by atoms with Crippen molar-refractivity contribution in [1.82, 2.24) is 24.7 Å². The summed E-state index contributed by atoms with van der Waals surface area (Å²) < 4.78 is 8.32. The summed E-state index contributed by atoms with van der Waals surface area (Å²) in [5.41, 5.74) is 3.19. The monoisotopic (exact) mass is 503 g/mol. The van der Waals surface area contributed by atoms with Crippen molar-refractivity contribution >= 4 is 40.5 Å². The van der Waals surface area contributed by atoms with Crippen molar-refractivity contribution in [2.24, 2.45) is 0 Å². The molecule has 0 aliphatic heterocycles. The van der Waals surface area contributed by atoms with E-state index in [1.54, 1.807) is 30.7 Å². The normalized spacial score (nSPS) is 11.1. The summed E-state index contributed by atoms with van der Waals surface area (Å²) in [5.74, 6) is -0.0825. The van der Waals surface area contributed by atoms with E-state index in [0.29, 0.717) is 39.3 Å². The molecule has 0 aliphatic rings. The van der Waals surface area contributed by atoms with Crippen LogP contribution in [0.25, 0.3) is 0 Å². The molecule has 4 rings (SSSR count). The molecule has 3 heterocycles. The zero-order chi connectivity index (χ0) is 24.6. The largest absolute Gasteiger partial charge is 0.361 e. The lowest BCUT2D eigenvalue weighted by molar-refractivity contribution is -0.385. The van der Waals surface area contributed by atoms with Gasteiger partial charge in [0.1, 0.15) is 18.2 Å². The van der Waals surface area contributed by atoms with Crippen molar-refractivity contribution in [2.45, 2.75) is 33.9 Å². The minimum atomic E-state index is -0.543. The van der Waals surface area contributed by atoms with Crippen molar-refractivity contribution in [3.05, 3.63) is 84.7 Å². The van der Waals surface area contributed by atoms with E-state index in [1.807, 2.05) is 13.0 Å². The number of carbonyl (C=O) groups is 1. The molecular weight excluding hydrogens is 485 g/mol. The van der Waals surface area contributed by atoms with Gasteiger partial charge in [-0.1, -0.05) is 34.4 Å². The van der Waals surface area contributed by atoms with Crippen LogP contribution in [0.5, 0.6) is 0 Å². The van der Waals surface area contributed by atoms with E-state index >= 15 is 0 Å². The van der Waals surface area contributed by atoms with Crippen LogP contribution in [0.4, 0.5) is 11.4 Å². The summed E-state index contributed by atoms with van der Waals surface area (Å²) in [6.07, 6.45) is 2.41. The first kappa shape index (κ1) is 23.5. The second-order valence-electron chi connectivity index (χ2n) is 7.63. The Hall–Kier alpha value is -3.70. The quantitative estimate of drug-likeness (QED) is 0.288. The highest BCUT2D eigenvalue weighted by Gasteiger charge is 2.24. The maximum absolute atomic E-state index is 13.1. The van der Waals surface area contributed by atoms with Gasteiger partial charge in [0.05, 0.1) is 45.1 Å². The molecular formula is C21H19Cl2N7O4. The van der Waals surface area contributed by atoms with E-state index in [4.69, 9.17) is 27.7 Å². The molecule has 0 saturated carbocycles. The number of halogens is 2. The van der Waals surface area contributed by atoms with Crippen LogP contribution in [0.15, 0.2) is 35.1 Å². The Bertz CT molecular complexity index is 1410. The summed E-state index contributed by atoms with van der Waals surface area (Å²) in [7, 11) is 0. The Morgan fingerprint density at radius 3 is 2.65 bits per heavy atom. The topological polar surface area (TPSA) is 134 Å². The summed E-state index contributed by atoms with van der Waals surface area (Å²) in [6, 6.07) is 5.34. The number of anilines is 1. The Balaban J connectivity index is 1.55. The average molecular weight is 504 g/mol. The van der Waals surface area contributed by atoms with E-state index in [0.717, 1.165) is 17.5 Å². The number of rotatable bonds is 7. The molecule has 0 bridgehead atoms. The van der Waals surface area contributed by atoms with Crippen molar-refractivity contribution in [2.75, 3.05) is 5.32 Å². The fourth-order valence-electron chi connectivity index (χ4n) is 3.47. The molecule has 0 aliphatic carbocycles. The Morgan fingerprint density at radius 1 is 1.21 bits per heavy atom. The second kappa shape index (κ2) is 9.27. The van der Waals surface area contributed by atoms with Gasteiger partial charge in [-0.25, -0.2) is 0 Å². The van der Waals surface area contributed by atoms with Crippen molar-refractivity contribution in [3.8, 4) is 0 Å². The average Bonchev–Trinajstić information content (AvgIpc) is 3.47. The molecule has 176 valence electrons. The maximum atomic E-state index is 13.1. The molecule has 0 unspecified atom stereocenters. The summed E-state index contributed by atoms with van der Waals surface area (Å²) in [6.45, 7) is 5.80. The first-order valence-corrected chi connectivity index (χ1v) is 10.8. The van der Waals surface area contributed by atoms with Gasteiger partial charge in [0.25, 0.3) is 5.91 Å². The summed E-state index contributed by atoms with van der Waals surface area (Å²) in [4.78, 5) is 23.4. The lowest BCUT2D eigenvalue weighted by Gasteiger charge is -2.08. The zero-order valence-corrected chi connectivity index (χ0v) is 19.9. The molecule has 0 atom stereocenters. The third kappa shape index (κ3) is 4.66. The minimum Gasteiger partial charge on any atom is -0.361 e. The molecule has 0 saturated heterocycles. The van der Waals surface area contributed by atoms with Crippen LogP contribution in [0.1, 0.15) is 38.8 Å². The van der Waals surface area contributed by atoms with Gasteiger partial charge in [-0.3, -0.25) is 24.3 Å². The molecule has 1 aromatic carbocycles. The van der Waals surface area contributed by atoms with E-state index < -0.39 is 10.8 Å². The van der Waals surface area contributed by atoms with Gasteiger partial charge in [-0.15, -0.1) is 0 Å². The Kier molecular flexibility index (Phi) is 6.40. The van der Waals surface area contributed by atoms with E-state index in [9.17, 15) is 14.9 Å². The molecule has 11 nitrogen and oxygen atoms in total. The number of hydrogen-bond acceptors (Lipinski definition) is 7. The first-order chi connectivity index (χ1) is 16.1. The first-order valence-electron chi connectivity index (χ1n) is 10.0. The van der Waals surface area contributed by atoms with E-state index in [1.165, 1.54) is 10.9 Å². The van der Waals surface area contributed by atoms with Gasteiger partial charge >= 0.3 is 5.69 Å². The molecule has 3 aromatic heterocycles. The van der Waals surface area contributed by atoms with Crippen LogP contribution in [0.3, 0.4) is 0 Å². The third-order valence-electron chi connectivity index (χ3n) is 5.29. The van der Waals surface area contributed by atoms with Gasteiger partial charge in [0.2, 0.25) is 0 Å². The minimum absolute atomic E-state index is 0.0617. The van der Waals surface area contributed by atoms with Gasteiger partial charge in [0.15, 0.2) is 5.69 Å². The number of aromatic nitrogens is 5. The van der Waals surface area contributed by atoms with Crippen LogP contribution >= 0.6 is 23.2 Å². The number of benzene rings is 1. The Morgan fingerprint density at radius 2 is 1.97 bits per heavy atom. The predicted octanol–water partition coefficient (Wildman–Crippen LogP) is 4.56. The number of nitro groups is 1. The highest BCUT2D eigenvalue weighted by Crippen LogP contribution is 2.26. The number of nitrogens with zero attached hydrogens (tertiary/aromatic N) is 6. The van der Waals surface area contributed by atoms with Crippen LogP contribution in [0.2, 0.25) is 10.0 Å². The number of aryl methyl sites for hydroxylation is 2. The standard InChI is InChI=1S/C21H19Cl2N7O4/c1-11-19(12(2)29(26-11)8-14-4-5-17(22)18(23)6-14)25-21(31)20-16(13(3)34-27-20)10-28-9-15(7-24-28)30(32)33/h4-7,9H,8,10H2,1-3H3,(H,25,31). The summed E-state index contributed by atoms with van der Waals surface area (Å²) in [5, 5.41) is 27.1. The molecule has 1 N–H and O–H groups in total. The summed E-state index contributed by atoms with van der Waals surface area (Å²) >= 11 is 12.1. The maximum Gasteiger partial charge on any atom is 0.307 e. The highest BCUT2D eigenvalue weighted by molar-refractivity contribution is 6.42. The van der Waals surface area contributed by atoms with Gasteiger partial charge < -0.3 is 9.84 Å². The lowest BCUT2D eigenvalue weighted by atomic mass is 10.1. The van der Waals surface area contributed by atoms with Gasteiger partial charge in [-0.05, 0) is 38.5 Å². The van der Waals surface area contributed by atoms with Gasteiger partial charge in [0, 0.05) is 5.56 Å². The number of hydrogen-bond donors (Lipinski definition) is 1. The number of amides is 1. The highest BCUT2D eigenvalue weighted by atomic mass is 35.5. The van der Waals surface area contributed by atoms with E-state index in [-0.39, 0.29) is 17.9 Å². The van der Waals surface area contributed by atoms with Gasteiger partial charge in [-0.2, -0.15) is 10.2 Å². The predicted molar refractivity (Wildman–Crippen MR) is 124 cm³/mol. The van der Waals surface area contributed by atoms with E-state index in [2.05, 4.69) is 20.7 Å². The van der Waals surface area contributed by atoms with Crippen LogP contribution in [-0.4, -0.2) is 35.5 Å². The van der Waals surface area contributed by atoms with Crippen molar-refractivity contribution in [1.29, 1.82) is 0 Å².